The molecule has 1 N–H and O–H groups in total. The highest BCUT2D eigenvalue weighted by Gasteiger charge is 2.18. The number of rotatable bonds is 5. The van der Waals surface area contributed by atoms with Crippen molar-refractivity contribution in [2.24, 2.45) is 0 Å². The Morgan fingerprint density at radius 1 is 1.29 bits per heavy atom. The van der Waals surface area contributed by atoms with Crippen LogP contribution in [0.5, 0.6) is 0 Å². The molecule has 1 amide bonds. The van der Waals surface area contributed by atoms with Crippen LogP contribution < -0.4 is 10.2 Å². The van der Waals surface area contributed by atoms with Gasteiger partial charge in [0, 0.05) is 23.2 Å². The van der Waals surface area contributed by atoms with E-state index in [9.17, 15) is 4.79 Å². The van der Waals surface area contributed by atoms with Gasteiger partial charge in [-0.25, -0.2) is 9.97 Å². The minimum Gasteiger partial charge on any atom is -0.348 e. The molecular formula is C19H20BrN5OS2. The van der Waals surface area contributed by atoms with E-state index in [1.807, 2.05) is 25.1 Å². The molecule has 1 aliphatic rings. The molecule has 3 heterocycles. The Labute approximate surface area is 180 Å². The SMILES string of the molecule is Cc1cc(NC(=O)CSc2ncnc3nc(N4CCCCC4)sc23)ccc1Br. The Morgan fingerprint density at radius 2 is 2.11 bits per heavy atom. The van der Waals surface area contributed by atoms with Crippen LogP contribution in [0.1, 0.15) is 24.8 Å². The highest BCUT2D eigenvalue weighted by Crippen LogP contribution is 2.34. The van der Waals surface area contributed by atoms with Gasteiger partial charge in [-0.15, -0.1) is 0 Å². The number of amides is 1. The third-order valence-corrected chi connectivity index (χ3v) is 7.68. The van der Waals surface area contributed by atoms with Gasteiger partial charge in [0.2, 0.25) is 5.91 Å². The maximum absolute atomic E-state index is 12.4. The fraction of sp³-hybridized carbons (Fsp3) is 0.368. The molecule has 0 unspecified atom stereocenters. The van der Waals surface area contributed by atoms with E-state index < -0.39 is 0 Å². The molecule has 4 rings (SSSR count). The van der Waals surface area contributed by atoms with Crippen LogP contribution in [0.4, 0.5) is 10.8 Å². The van der Waals surface area contributed by atoms with E-state index in [1.165, 1.54) is 37.4 Å². The number of anilines is 2. The third kappa shape index (κ3) is 4.47. The van der Waals surface area contributed by atoms with Gasteiger partial charge < -0.3 is 10.2 Å². The van der Waals surface area contributed by atoms with Crippen molar-refractivity contribution >= 4 is 66.1 Å². The summed E-state index contributed by atoms with van der Waals surface area (Å²) in [6.07, 6.45) is 5.23. The summed E-state index contributed by atoms with van der Waals surface area (Å²) in [6, 6.07) is 5.77. The molecule has 0 atom stereocenters. The summed E-state index contributed by atoms with van der Waals surface area (Å²) in [5, 5.41) is 4.76. The number of thiazole rings is 1. The third-order valence-electron chi connectivity index (χ3n) is 4.56. The normalized spacial score (nSPS) is 14.4. The Kier molecular flexibility index (Phi) is 6.13. The van der Waals surface area contributed by atoms with Gasteiger partial charge in [-0.05, 0) is 49.9 Å². The van der Waals surface area contributed by atoms with Gasteiger partial charge >= 0.3 is 0 Å². The molecule has 0 aliphatic carbocycles. The predicted molar refractivity (Wildman–Crippen MR) is 120 cm³/mol. The van der Waals surface area contributed by atoms with Gasteiger partial charge in [-0.1, -0.05) is 39.0 Å². The average Bonchev–Trinajstić information content (AvgIpc) is 3.15. The number of halogens is 1. The Morgan fingerprint density at radius 3 is 2.89 bits per heavy atom. The molecule has 0 bridgehead atoms. The zero-order valence-corrected chi connectivity index (χ0v) is 18.7. The van der Waals surface area contributed by atoms with E-state index >= 15 is 0 Å². The summed E-state index contributed by atoms with van der Waals surface area (Å²) in [7, 11) is 0. The number of nitrogens with one attached hydrogen (secondary N) is 1. The quantitative estimate of drug-likeness (QED) is 0.417. The number of aromatic nitrogens is 3. The first-order valence-electron chi connectivity index (χ1n) is 9.15. The first kappa shape index (κ1) is 19.6. The molecule has 1 aromatic carbocycles. The molecule has 1 saturated heterocycles. The van der Waals surface area contributed by atoms with Crippen LogP contribution in [-0.2, 0) is 4.79 Å². The van der Waals surface area contributed by atoms with Crippen LogP contribution in [-0.4, -0.2) is 39.7 Å². The van der Waals surface area contributed by atoms with Crippen LogP contribution >= 0.6 is 39.0 Å². The van der Waals surface area contributed by atoms with E-state index in [0.717, 1.165) is 43.7 Å². The number of benzene rings is 1. The number of thioether (sulfide) groups is 1. The second kappa shape index (κ2) is 8.75. The minimum atomic E-state index is -0.0562. The Hall–Kier alpha value is -1.71. The van der Waals surface area contributed by atoms with Crippen LogP contribution in [0.3, 0.4) is 0 Å². The molecule has 0 radical (unpaired) electrons. The molecule has 1 fully saturated rings. The first-order valence-corrected chi connectivity index (χ1v) is 11.7. The van der Waals surface area contributed by atoms with E-state index in [0.29, 0.717) is 5.65 Å². The van der Waals surface area contributed by atoms with Crippen molar-refractivity contribution in [3.8, 4) is 0 Å². The van der Waals surface area contributed by atoms with Crippen LogP contribution in [0.15, 0.2) is 34.0 Å². The van der Waals surface area contributed by atoms with Crippen molar-refractivity contribution in [3.63, 3.8) is 0 Å². The van der Waals surface area contributed by atoms with Gasteiger partial charge in [0.15, 0.2) is 10.8 Å². The molecule has 6 nitrogen and oxygen atoms in total. The van der Waals surface area contributed by atoms with E-state index in [-0.39, 0.29) is 11.7 Å². The van der Waals surface area contributed by atoms with Crippen molar-refractivity contribution < 1.29 is 4.79 Å². The van der Waals surface area contributed by atoms with Crippen molar-refractivity contribution in [2.45, 2.75) is 31.2 Å². The Balaban J connectivity index is 1.44. The van der Waals surface area contributed by atoms with Crippen molar-refractivity contribution in [1.82, 2.24) is 15.0 Å². The van der Waals surface area contributed by atoms with Crippen molar-refractivity contribution in [2.75, 3.05) is 29.1 Å². The fourth-order valence-electron chi connectivity index (χ4n) is 3.10. The summed E-state index contributed by atoms with van der Waals surface area (Å²) < 4.78 is 1.98. The van der Waals surface area contributed by atoms with Crippen LogP contribution in [0, 0.1) is 6.92 Å². The maximum Gasteiger partial charge on any atom is 0.234 e. The molecule has 0 spiro atoms. The van der Waals surface area contributed by atoms with E-state index in [1.54, 1.807) is 11.3 Å². The van der Waals surface area contributed by atoms with Gasteiger partial charge in [-0.3, -0.25) is 4.79 Å². The molecule has 2 aromatic heterocycles. The second-order valence-electron chi connectivity index (χ2n) is 6.68. The van der Waals surface area contributed by atoms with Gasteiger partial charge in [0.25, 0.3) is 0 Å². The second-order valence-corrected chi connectivity index (χ2v) is 9.47. The molecular weight excluding hydrogens is 458 g/mol. The molecule has 146 valence electrons. The predicted octanol–water partition coefficient (Wildman–Crippen LogP) is 4.88. The lowest BCUT2D eigenvalue weighted by Gasteiger charge is -2.25. The topological polar surface area (TPSA) is 71.0 Å². The number of hydrogen-bond acceptors (Lipinski definition) is 7. The zero-order valence-electron chi connectivity index (χ0n) is 15.4. The van der Waals surface area contributed by atoms with Crippen molar-refractivity contribution in [3.05, 3.63) is 34.6 Å². The summed E-state index contributed by atoms with van der Waals surface area (Å²) >= 11 is 6.52. The minimum absolute atomic E-state index is 0.0562. The first-order chi connectivity index (χ1) is 13.6. The number of aryl methyl sites for hydroxylation is 1. The summed E-state index contributed by atoms with van der Waals surface area (Å²) in [4.78, 5) is 28.1. The van der Waals surface area contributed by atoms with Gasteiger partial charge in [-0.2, -0.15) is 4.98 Å². The summed E-state index contributed by atoms with van der Waals surface area (Å²) in [5.74, 6) is 0.234. The number of piperidine rings is 1. The molecule has 1 aliphatic heterocycles. The van der Waals surface area contributed by atoms with Gasteiger partial charge in [0.1, 0.15) is 16.1 Å². The number of nitrogens with zero attached hydrogens (tertiary/aromatic N) is 4. The molecule has 9 heteroatoms. The Bertz CT molecular complexity index is 1000. The maximum atomic E-state index is 12.4. The van der Waals surface area contributed by atoms with E-state index in [4.69, 9.17) is 0 Å². The fourth-order valence-corrected chi connectivity index (χ4v) is 5.29. The molecule has 28 heavy (non-hydrogen) atoms. The molecule has 3 aromatic rings. The smallest absolute Gasteiger partial charge is 0.234 e. The lowest BCUT2D eigenvalue weighted by Crippen LogP contribution is -2.29. The summed E-state index contributed by atoms with van der Waals surface area (Å²) in [6.45, 7) is 4.09. The van der Waals surface area contributed by atoms with E-state index in [2.05, 4.69) is 41.1 Å². The standard InChI is InChI=1S/C19H20BrN5OS2/c1-12-9-13(5-6-14(12)20)23-15(26)10-27-18-16-17(21-11-22-18)24-19(28-16)25-7-3-2-4-8-25/h5-6,9,11H,2-4,7-8,10H2,1H3,(H,23,26). The highest BCUT2D eigenvalue weighted by molar-refractivity contribution is 9.10. The number of hydrogen-bond donors (Lipinski definition) is 1. The van der Waals surface area contributed by atoms with Crippen molar-refractivity contribution in [1.29, 1.82) is 0 Å². The summed E-state index contributed by atoms with van der Waals surface area (Å²) in [5.41, 5.74) is 2.59. The largest absolute Gasteiger partial charge is 0.348 e. The van der Waals surface area contributed by atoms with Crippen LogP contribution in [0.25, 0.3) is 10.3 Å². The lowest BCUT2D eigenvalue weighted by atomic mass is 10.1. The molecule has 0 saturated carbocycles. The average molecular weight is 478 g/mol. The number of carbonyl (C=O) groups is 1. The lowest BCUT2D eigenvalue weighted by molar-refractivity contribution is -0.113. The van der Waals surface area contributed by atoms with Crippen LogP contribution in [0.2, 0.25) is 0 Å². The monoisotopic (exact) mass is 477 g/mol. The zero-order chi connectivity index (χ0) is 19.5. The number of carbonyl (C=O) groups excluding carboxylic acids is 1. The number of fused-ring (bicyclic) bond motifs is 1. The van der Waals surface area contributed by atoms with Gasteiger partial charge in [0.05, 0.1) is 5.75 Å². The highest BCUT2D eigenvalue weighted by atomic mass is 79.9.